The third-order valence-electron chi connectivity index (χ3n) is 5.09. The number of amides is 1. The second-order valence-electron chi connectivity index (χ2n) is 6.87. The molecule has 1 aromatic heterocycles. The first-order valence-electron chi connectivity index (χ1n) is 8.40. The molecule has 0 bridgehead atoms. The van der Waals surface area contributed by atoms with E-state index in [4.69, 9.17) is 4.42 Å². The molecule has 132 valence electrons. The highest BCUT2D eigenvalue weighted by atomic mass is 16.4. The van der Waals surface area contributed by atoms with Crippen molar-refractivity contribution in [1.29, 1.82) is 0 Å². The van der Waals surface area contributed by atoms with Gasteiger partial charge in [0.15, 0.2) is 17.3 Å². The SMILES string of the molecule is Cc1nc(C(=O)N2CCC(C(=O)O)(C(C)C)C2)c(-c2ccccc2)o1. The van der Waals surface area contributed by atoms with E-state index in [1.807, 2.05) is 44.2 Å². The third-order valence-corrected chi connectivity index (χ3v) is 5.09. The van der Waals surface area contributed by atoms with Crippen LogP contribution in [0.1, 0.15) is 36.6 Å². The summed E-state index contributed by atoms with van der Waals surface area (Å²) in [6, 6.07) is 9.34. The fraction of sp³-hybridized carbons (Fsp3) is 0.421. The maximum atomic E-state index is 13.0. The zero-order valence-corrected chi connectivity index (χ0v) is 14.7. The molecule has 0 saturated carbocycles. The molecular formula is C19H22N2O4. The number of rotatable bonds is 4. The number of carboxylic acids is 1. The molecule has 1 aromatic carbocycles. The molecule has 1 saturated heterocycles. The normalized spacial score (nSPS) is 20.2. The van der Waals surface area contributed by atoms with E-state index in [1.54, 1.807) is 11.8 Å². The monoisotopic (exact) mass is 342 g/mol. The Hall–Kier alpha value is -2.63. The molecule has 25 heavy (non-hydrogen) atoms. The van der Waals surface area contributed by atoms with Gasteiger partial charge in [0.05, 0.1) is 5.41 Å². The number of carbonyl (C=O) groups is 2. The Kier molecular flexibility index (Phi) is 4.37. The predicted molar refractivity (Wildman–Crippen MR) is 92.1 cm³/mol. The summed E-state index contributed by atoms with van der Waals surface area (Å²) in [6.45, 7) is 6.07. The second-order valence-corrected chi connectivity index (χ2v) is 6.87. The fourth-order valence-corrected chi connectivity index (χ4v) is 3.41. The van der Waals surface area contributed by atoms with Crippen molar-refractivity contribution in [3.05, 3.63) is 41.9 Å². The molecule has 6 nitrogen and oxygen atoms in total. The number of aryl methyl sites for hydroxylation is 1. The largest absolute Gasteiger partial charge is 0.481 e. The van der Waals surface area contributed by atoms with Crippen LogP contribution in [0.25, 0.3) is 11.3 Å². The standard InChI is InChI=1S/C19H22N2O4/c1-12(2)19(18(23)24)9-10-21(11-19)17(22)15-16(25-13(3)20-15)14-7-5-4-6-8-14/h4-8,12H,9-11H2,1-3H3,(H,23,24). The van der Waals surface area contributed by atoms with Gasteiger partial charge in [-0.05, 0) is 12.3 Å². The molecule has 2 aromatic rings. The van der Waals surface area contributed by atoms with Crippen LogP contribution in [0.5, 0.6) is 0 Å². The Labute approximate surface area is 146 Å². The molecule has 1 atom stereocenters. The highest BCUT2D eigenvalue weighted by Crippen LogP contribution is 2.39. The van der Waals surface area contributed by atoms with Crippen molar-refractivity contribution in [2.45, 2.75) is 27.2 Å². The Balaban J connectivity index is 1.92. The number of benzene rings is 1. The number of aromatic nitrogens is 1. The van der Waals surface area contributed by atoms with Gasteiger partial charge in [-0.2, -0.15) is 0 Å². The van der Waals surface area contributed by atoms with Crippen LogP contribution in [0.3, 0.4) is 0 Å². The van der Waals surface area contributed by atoms with Crippen LogP contribution in [0.4, 0.5) is 0 Å². The van der Waals surface area contributed by atoms with Crippen LogP contribution in [0, 0.1) is 18.3 Å². The van der Waals surface area contributed by atoms with Crippen molar-refractivity contribution in [3.63, 3.8) is 0 Å². The van der Waals surface area contributed by atoms with Gasteiger partial charge in [-0.15, -0.1) is 0 Å². The molecule has 1 unspecified atom stereocenters. The molecule has 2 heterocycles. The smallest absolute Gasteiger partial charge is 0.311 e. The molecule has 1 aliphatic heterocycles. The van der Waals surface area contributed by atoms with Gasteiger partial charge in [0.2, 0.25) is 0 Å². The summed E-state index contributed by atoms with van der Waals surface area (Å²) in [7, 11) is 0. The van der Waals surface area contributed by atoms with Crippen molar-refractivity contribution in [2.24, 2.45) is 11.3 Å². The van der Waals surface area contributed by atoms with Crippen LogP contribution in [-0.4, -0.2) is 40.0 Å². The van der Waals surface area contributed by atoms with Gasteiger partial charge < -0.3 is 14.4 Å². The number of oxazole rings is 1. The number of carbonyl (C=O) groups excluding carboxylic acids is 1. The summed E-state index contributed by atoms with van der Waals surface area (Å²) in [5.74, 6) is -0.345. The maximum Gasteiger partial charge on any atom is 0.311 e. The molecule has 0 spiro atoms. The van der Waals surface area contributed by atoms with E-state index in [0.29, 0.717) is 24.6 Å². The number of likely N-dealkylation sites (tertiary alicyclic amines) is 1. The number of carboxylic acid groups (broad SMARTS) is 1. The van der Waals surface area contributed by atoms with Crippen molar-refractivity contribution in [1.82, 2.24) is 9.88 Å². The van der Waals surface area contributed by atoms with Crippen molar-refractivity contribution >= 4 is 11.9 Å². The van der Waals surface area contributed by atoms with E-state index in [-0.39, 0.29) is 24.1 Å². The minimum Gasteiger partial charge on any atom is -0.481 e. The summed E-state index contributed by atoms with van der Waals surface area (Å²) >= 11 is 0. The molecule has 1 aliphatic rings. The topological polar surface area (TPSA) is 83.6 Å². The summed E-state index contributed by atoms with van der Waals surface area (Å²) in [5, 5.41) is 9.67. The Morgan fingerprint density at radius 1 is 1.28 bits per heavy atom. The second kappa shape index (κ2) is 6.35. The Morgan fingerprint density at radius 2 is 1.96 bits per heavy atom. The fourth-order valence-electron chi connectivity index (χ4n) is 3.41. The van der Waals surface area contributed by atoms with Crippen LogP contribution < -0.4 is 0 Å². The van der Waals surface area contributed by atoms with E-state index in [1.165, 1.54) is 0 Å². The van der Waals surface area contributed by atoms with Gasteiger partial charge >= 0.3 is 5.97 Å². The lowest BCUT2D eigenvalue weighted by Crippen LogP contribution is -2.40. The summed E-state index contributed by atoms with van der Waals surface area (Å²) in [4.78, 5) is 30.6. The Bertz CT molecular complexity index is 797. The number of hydrogen-bond acceptors (Lipinski definition) is 4. The summed E-state index contributed by atoms with van der Waals surface area (Å²) < 4.78 is 5.65. The summed E-state index contributed by atoms with van der Waals surface area (Å²) in [5.41, 5.74) is 0.120. The van der Waals surface area contributed by atoms with E-state index in [0.717, 1.165) is 5.56 Å². The average Bonchev–Trinajstić information content (AvgIpc) is 3.20. The first-order chi connectivity index (χ1) is 11.8. The van der Waals surface area contributed by atoms with Crippen LogP contribution in [-0.2, 0) is 4.79 Å². The lowest BCUT2D eigenvalue weighted by molar-refractivity contribution is -0.150. The molecule has 1 N–H and O–H groups in total. The molecule has 6 heteroatoms. The number of nitrogens with zero attached hydrogens (tertiary/aromatic N) is 2. The Morgan fingerprint density at radius 3 is 2.52 bits per heavy atom. The first kappa shape index (κ1) is 17.2. The maximum absolute atomic E-state index is 13.0. The highest BCUT2D eigenvalue weighted by molar-refractivity contribution is 5.98. The van der Waals surface area contributed by atoms with Gasteiger partial charge in [0.25, 0.3) is 5.91 Å². The molecule has 1 fully saturated rings. The van der Waals surface area contributed by atoms with E-state index in [2.05, 4.69) is 4.98 Å². The highest BCUT2D eigenvalue weighted by Gasteiger charge is 2.49. The van der Waals surface area contributed by atoms with E-state index >= 15 is 0 Å². The lowest BCUT2D eigenvalue weighted by atomic mass is 9.76. The van der Waals surface area contributed by atoms with Crippen LogP contribution >= 0.6 is 0 Å². The average molecular weight is 342 g/mol. The van der Waals surface area contributed by atoms with Crippen molar-refractivity contribution in [2.75, 3.05) is 13.1 Å². The quantitative estimate of drug-likeness (QED) is 0.922. The predicted octanol–water partition coefficient (Wildman–Crippen LogP) is 3.22. The van der Waals surface area contributed by atoms with Crippen LogP contribution in [0.2, 0.25) is 0 Å². The number of aliphatic carboxylic acids is 1. The van der Waals surface area contributed by atoms with Gasteiger partial charge in [-0.25, -0.2) is 4.98 Å². The van der Waals surface area contributed by atoms with Gasteiger partial charge in [-0.3, -0.25) is 9.59 Å². The van der Waals surface area contributed by atoms with Gasteiger partial charge in [-0.1, -0.05) is 44.2 Å². The van der Waals surface area contributed by atoms with E-state index in [9.17, 15) is 14.7 Å². The van der Waals surface area contributed by atoms with Crippen molar-refractivity contribution < 1.29 is 19.1 Å². The first-order valence-corrected chi connectivity index (χ1v) is 8.40. The molecule has 0 aliphatic carbocycles. The minimum atomic E-state index is -0.901. The number of hydrogen-bond donors (Lipinski definition) is 1. The van der Waals surface area contributed by atoms with Crippen molar-refractivity contribution in [3.8, 4) is 11.3 Å². The molecule has 3 rings (SSSR count). The third kappa shape index (κ3) is 2.92. The van der Waals surface area contributed by atoms with Crippen LogP contribution in [0.15, 0.2) is 34.7 Å². The minimum absolute atomic E-state index is 0.0598. The van der Waals surface area contributed by atoms with Gasteiger partial charge in [0, 0.05) is 25.6 Å². The van der Waals surface area contributed by atoms with Gasteiger partial charge in [0.1, 0.15) is 0 Å². The lowest BCUT2D eigenvalue weighted by Gasteiger charge is -2.28. The summed E-state index contributed by atoms with van der Waals surface area (Å²) in [6.07, 6.45) is 0.448. The molecule has 0 radical (unpaired) electrons. The molecule has 1 amide bonds. The zero-order chi connectivity index (χ0) is 18.2. The zero-order valence-electron chi connectivity index (χ0n) is 14.7. The van der Waals surface area contributed by atoms with E-state index < -0.39 is 11.4 Å². The molecular weight excluding hydrogens is 320 g/mol.